The zero-order valence-electron chi connectivity index (χ0n) is 39.8. The van der Waals surface area contributed by atoms with Crippen LogP contribution in [0.25, 0.3) is 0 Å². The lowest BCUT2D eigenvalue weighted by molar-refractivity contribution is -0.220. The fourth-order valence-corrected chi connectivity index (χ4v) is 8.41. The number of phosphoric acid groups is 1. The summed E-state index contributed by atoms with van der Waals surface area (Å²) in [6, 6.07) is 0. The first kappa shape index (κ1) is 60.1. The van der Waals surface area contributed by atoms with Gasteiger partial charge in [0.15, 0.2) is 0 Å². The van der Waals surface area contributed by atoms with Crippen LogP contribution in [0.5, 0.6) is 0 Å². The van der Waals surface area contributed by atoms with Crippen LogP contribution in [0.2, 0.25) is 0 Å². The molecule has 1 aliphatic rings. The molecule has 0 spiro atoms. The molecule has 12 nitrogen and oxygen atoms in total. The molecule has 0 amide bonds. The van der Waals surface area contributed by atoms with Crippen molar-refractivity contribution < 1.29 is 58.3 Å². The minimum absolute atomic E-state index is 0.0847. The van der Waals surface area contributed by atoms with E-state index >= 15 is 0 Å². The van der Waals surface area contributed by atoms with Crippen LogP contribution in [-0.2, 0) is 27.9 Å². The van der Waals surface area contributed by atoms with Crippen molar-refractivity contribution in [1.29, 1.82) is 0 Å². The Hall–Kier alpha value is -1.96. The smallest absolute Gasteiger partial charge is 0.457 e. The Kier molecular flexibility index (Phi) is 38.7. The van der Waals surface area contributed by atoms with E-state index in [4.69, 9.17) is 18.5 Å². The van der Waals surface area contributed by atoms with Gasteiger partial charge >= 0.3 is 13.8 Å². The van der Waals surface area contributed by atoms with Crippen molar-refractivity contribution in [2.24, 2.45) is 0 Å². The van der Waals surface area contributed by atoms with Gasteiger partial charge in [-0.2, -0.15) is 0 Å². The highest BCUT2D eigenvalue weighted by molar-refractivity contribution is 7.47. The zero-order chi connectivity index (χ0) is 46.9. The van der Waals surface area contributed by atoms with Crippen LogP contribution in [0.1, 0.15) is 194 Å². The van der Waals surface area contributed by atoms with Crippen molar-refractivity contribution >= 4 is 13.8 Å². The van der Waals surface area contributed by atoms with Crippen molar-refractivity contribution in [3.63, 3.8) is 0 Å². The lowest BCUT2D eigenvalue weighted by Gasteiger charge is -2.41. The van der Waals surface area contributed by atoms with Gasteiger partial charge in [0.05, 0.1) is 13.2 Å². The fourth-order valence-electron chi connectivity index (χ4n) is 7.44. The average Bonchev–Trinajstić information content (AvgIpc) is 3.28. The number of allylic oxidation sites excluding steroid dienone is 10. The third-order valence-electron chi connectivity index (χ3n) is 11.4. The third-order valence-corrected chi connectivity index (χ3v) is 12.4. The molecular formula is C51H91O12P. The molecule has 0 aromatic carbocycles. The molecule has 0 radical (unpaired) electrons. The molecule has 0 aromatic rings. The molecule has 0 saturated heterocycles. The number of esters is 1. The molecule has 64 heavy (non-hydrogen) atoms. The van der Waals surface area contributed by atoms with Crippen molar-refractivity contribution in [3.8, 4) is 0 Å². The highest BCUT2D eigenvalue weighted by Gasteiger charge is 2.51. The van der Waals surface area contributed by atoms with Crippen molar-refractivity contribution in [3.05, 3.63) is 60.8 Å². The Labute approximate surface area is 387 Å². The zero-order valence-corrected chi connectivity index (χ0v) is 40.7. The molecule has 0 aliphatic heterocycles. The van der Waals surface area contributed by atoms with E-state index in [9.17, 15) is 39.8 Å². The van der Waals surface area contributed by atoms with Gasteiger partial charge in [-0.1, -0.05) is 190 Å². The second-order valence-electron chi connectivity index (χ2n) is 17.3. The molecular weight excluding hydrogens is 836 g/mol. The van der Waals surface area contributed by atoms with Gasteiger partial charge in [0.25, 0.3) is 0 Å². The molecule has 6 N–H and O–H groups in total. The number of ether oxygens (including phenoxy) is 2. The van der Waals surface area contributed by atoms with Crippen LogP contribution >= 0.6 is 7.82 Å². The summed E-state index contributed by atoms with van der Waals surface area (Å²) in [4.78, 5) is 23.2. The second kappa shape index (κ2) is 41.2. The van der Waals surface area contributed by atoms with E-state index in [0.717, 1.165) is 83.5 Å². The Bertz CT molecular complexity index is 1290. The van der Waals surface area contributed by atoms with E-state index in [1.165, 1.54) is 83.5 Å². The number of carbonyl (C=O) groups excluding carboxylic acids is 1. The predicted octanol–water partition coefficient (Wildman–Crippen LogP) is 11.0. The second-order valence-corrected chi connectivity index (χ2v) is 18.7. The summed E-state index contributed by atoms with van der Waals surface area (Å²) in [5, 5.41) is 50.3. The highest BCUT2D eigenvalue weighted by atomic mass is 31.2. The van der Waals surface area contributed by atoms with Gasteiger partial charge in [0.2, 0.25) is 0 Å². The first-order valence-electron chi connectivity index (χ1n) is 25.1. The van der Waals surface area contributed by atoms with E-state index < -0.39 is 63.1 Å². The molecule has 0 aromatic heterocycles. The van der Waals surface area contributed by atoms with Crippen molar-refractivity contribution in [1.82, 2.24) is 0 Å². The fraction of sp³-hybridized carbons (Fsp3) is 0.784. The summed E-state index contributed by atoms with van der Waals surface area (Å²) in [5.41, 5.74) is 0. The lowest BCUT2D eigenvalue weighted by Crippen LogP contribution is -2.64. The Morgan fingerprint density at radius 3 is 1.41 bits per heavy atom. The van der Waals surface area contributed by atoms with Crippen LogP contribution in [-0.4, -0.2) is 98.9 Å². The number of aliphatic hydroxyl groups is 5. The Morgan fingerprint density at radius 1 is 0.516 bits per heavy atom. The predicted molar refractivity (Wildman–Crippen MR) is 258 cm³/mol. The summed E-state index contributed by atoms with van der Waals surface area (Å²) < 4.78 is 34.3. The molecule has 1 rings (SSSR count). The van der Waals surface area contributed by atoms with Crippen LogP contribution in [0.4, 0.5) is 0 Å². The molecule has 1 saturated carbocycles. The summed E-state index contributed by atoms with van der Waals surface area (Å²) in [6.45, 7) is 4.14. The van der Waals surface area contributed by atoms with Gasteiger partial charge in [-0.15, -0.1) is 0 Å². The van der Waals surface area contributed by atoms with Gasteiger partial charge in [0.1, 0.15) is 42.7 Å². The Morgan fingerprint density at radius 2 is 0.922 bits per heavy atom. The summed E-state index contributed by atoms with van der Waals surface area (Å²) in [7, 11) is -5.03. The monoisotopic (exact) mass is 927 g/mol. The Balaban J connectivity index is 2.37. The first-order chi connectivity index (χ1) is 31.0. The molecule has 6 atom stereocenters. The van der Waals surface area contributed by atoms with E-state index in [1.807, 2.05) is 0 Å². The van der Waals surface area contributed by atoms with E-state index in [0.29, 0.717) is 13.0 Å². The van der Waals surface area contributed by atoms with Gasteiger partial charge < -0.3 is 39.9 Å². The topological polar surface area (TPSA) is 192 Å². The van der Waals surface area contributed by atoms with Gasteiger partial charge in [-0.05, 0) is 57.8 Å². The molecule has 1 aliphatic carbocycles. The molecule has 0 bridgehead atoms. The molecule has 372 valence electrons. The maximum Gasteiger partial charge on any atom is 0.472 e. The normalized spacial score (nSPS) is 22.2. The van der Waals surface area contributed by atoms with Crippen molar-refractivity contribution in [2.45, 2.75) is 236 Å². The molecule has 0 heterocycles. The largest absolute Gasteiger partial charge is 0.472 e. The highest BCUT2D eigenvalue weighted by Crippen LogP contribution is 2.47. The number of hydrogen-bond acceptors (Lipinski definition) is 11. The number of aliphatic hydroxyl groups excluding tert-OH is 5. The van der Waals surface area contributed by atoms with Gasteiger partial charge in [-0.25, -0.2) is 4.57 Å². The standard InChI is InChI=1S/C51H91O12P/c1-3-5-7-9-11-13-15-17-19-21-22-23-24-25-26-28-30-32-34-36-38-40-45(52)62-44(43-61-64(58,59)63-51-49(56)47(54)46(53)48(55)50(51)57)42-60-41-39-37-35-33-31-29-27-20-18-16-14-12-10-8-6-4-2/h5,7,11,13,17,19,22-23,25-26,44,46-51,53-57H,3-4,6,8-10,12,14-16,18,20-21,24,27-43H2,1-2H3,(H,58,59)/b7-5-,13-11-,19-17-,23-22-,26-25-. The van der Waals surface area contributed by atoms with Crippen LogP contribution < -0.4 is 0 Å². The minimum atomic E-state index is -5.03. The minimum Gasteiger partial charge on any atom is -0.457 e. The van der Waals surface area contributed by atoms with Crippen LogP contribution in [0.15, 0.2) is 60.8 Å². The number of unbranched alkanes of at least 4 members (excludes halogenated alkanes) is 20. The summed E-state index contributed by atoms with van der Waals surface area (Å²) in [6.07, 6.45) is 39.9. The summed E-state index contributed by atoms with van der Waals surface area (Å²) >= 11 is 0. The molecule has 1 fully saturated rings. The average molecular weight is 927 g/mol. The molecule has 13 heteroatoms. The number of rotatable bonds is 42. The lowest BCUT2D eigenvalue weighted by atomic mass is 9.85. The van der Waals surface area contributed by atoms with Gasteiger partial charge in [0, 0.05) is 13.0 Å². The maximum atomic E-state index is 12.8. The van der Waals surface area contributed by atoms with E-state index in [2.05, 4.69) is 74.6 Å². The van der Waals surface area contributed by atoms with E-state index in [1.54, 1.807) is 0 Å². The SMILES string of the molecule is CC/C=C\C/C=C\C/C=C\C/C=C\C/C=C\CCCCCCCC(=O)OC(COCCCCCCCCCCCCCCCCCC)COP(=O)(O)OC1C(O)C(O)C(O)C(O)C1O. The molecule has 6 unspecified atom stereocenters. The third kappa shape index (κ3) is 32.7. The first-order valence-corrected chi connectivity index (χ1v) is 26.6. The number of carbonyl (C=O) groups is 1. The van der Waals surface area contributed by atoms with Gasteiger partial charge in [-0.3, -0.25) is 13.8 Å². The maximum absolute atomic E-state index is 12.8. The number of hydrogen-bond donors (Lipinski definition) is 6. The van der Waals surface area contributed by atoms with Crippen LogP contribution in [0, 0.1) is 0 Å². The quantitative estimate of drug-likeness (QED) is 0.0147. The summed E-state index contributed by atoms with van der Waals surface area (Å²) in [5.74, 6) is -0.495. The number of phosphoric ester groups is 1. The van der Waals surface area contributed by atoms with Crippen LogP contribution in [0.3, 0.4) is 0 Å². The van der Waals surface area contributed by atoms with Crippen molar-refractivity contribution in [2.75, 3.05) is 19.8 Å². The van der Waals surface area contributed by atoms with E-state index in [-0.39, 0.29) is 13.0 Å².